The van der Waals surface area contributed by atoms with Crippen LogP contribution in [0.1, 0.15) is 38.2 Å². The molecule has 0 aliphatic carbocycles. The molecular formula is C11H10O7P2. The van der Waals surface area contributed by atoms with Gasteiger partial charge < -0.3 is 18.5 Å². The Kier molecular flexibility index (Phi) is 2.05. The molecule has 0 N–H and O–H groups in total. The van der Waals surface area contributed by atoms with Gasteiger partial charge in [-0.3, -0.25) is 9.05 Å². The number of benzene rings is 1. The monoisotopic (exact) mass is 316 g/mol. The second-order valence-corrected chi connectivity index (χ2v) is 7.79. The largest absolute Gasteiger partial charge is 0.530 e. The first kappa shape index (κ1) is 11.8. The van der Waals surface area contributed by atoms with E-state index in [4.69, 9.17) is 32.2 Å². The number of hydrogen-bond acceptors (Lipinski definition) is 7. The second-order valence-electron chi connectivity index (χ2n) is 5.78. The minimum atomic E-state index is -1.45. The molecule has 0 saturated carbocycles. The van der Waals surface area contributed by atoms with E-state index in [1.807, 2.05) is 0 Å². The molecule has 20 heavy (non-hydrogen) atoms. The van der Waals surface area contributed by atoms with E-state index < -0.39 is 23.5 Å². The fraction of sp³-hybridized carbons (Fsp3) is 0.455. The average molecular weight is 316 g/mol. The summed E-state index contributed by atoms with van der Waals surface area (Å²) in [6.45, 7) is 6.21. The van der Waals surface area contributed by atoms with Gasteiger partial charge in [-0.15, -0.1) is 4.67 Å². The molecule has 1 aromatic rings. The standard InChI is InChI=1S/C11H10O7P2/c1-11(2,3)5-8-6-4(10-16-20(17-10)18-12-8)7-9(5)15-19(13-6)14-7/h10H,1-3H3. The molecule has 0 radical (unpaired) electrons. The van der Waals surface area contributed by atoms with Crippen molar-refractivity contribution in [2.75, 3.05) is 0 Å². The molecule has 1 saturated heterocycles. The number of hydrogen-bond donors (Lipinski definition) is 0. The highest BCUT2D eigenvalue weighted by Gasteiger charge is 2.54. The first-order valence-electron chi connectivity index (χ1n) is 6.09. The van der Waals surface area contributed by atoms with E-state index in [-0.39, 0.29) is 5.41 Å². The molecule has 1 unspecified atom stereocenters. The van der Waals surface area contributed by atoms with E-state index in [0.717, 1.165) is 5.56 Å². The third-order valence-corrected chi connectivity index (χ3v) is 5.30. The highest BCUT2D eigenvalue weighted by Crippen LogP contribution is 2.74. The van der Waals surface area contributed by atoms with Crippen molar-refractivity contribution in [3.8, 4) is 23.0 Å². The van der Waals surface area contributed by atoms with Crippen LogP contribution in [0.2, 0.25) is 0 Å². The van der Waals surface area contributed by atoms with Crippen molar-refractivity contribution >= 4 is 17.2 Å². The van der Waals surface area contributed by atoms with Crippen LogP contribution in [0.4, 0.5) is 0 Å². The predicted octanol–water partition coefficient (Wildman–Crippen LogP) is 3.97. The average Bonchev–Trinajstić information content (AvgIpc) is 2.55. The van der Waals surface area contributed by atoms with Gasteiger partial charge in [0.15, 0.2) is 17.2 Å². The van der Waals surface area contributed by atoms with Crippen LogP contribution in [0, 0.1) is 0 Å². The van der Waals surface area contributed by atoms with Gasteiger partial charge in [0.1, 0.15) is 5.56 Å². The lowest BCUT2D eigenvalue weighted by Gasteiger charge is -2.37. The van der Waals surface area contributed by atoms with Crippen molar-refractivity contribution in [1.29, 1.82) is 0 Å². The van der Waals surface area contributed by atoms with Crippen LogP contribution in [0.15, 0.2) is 0 Å². The smallest absolute Gasteiger partial charge is 0.404 e. The van der Waals surface area contributed by atoms with Gasteiger partial charge in [0.2, 0.25) is 12.0 Å². The predicted molar refractivity (Wildman–Crippen MR) is 67.5 cm³/mol. The summed E-state index contributed by atoms with van der Waals surface area (Å²) in [7, 11) is -2.90. The molecule has 0 aromatic heterocycles. The molecular weight excluding hydrogens is 306 g/mol. The van der Waals surface area contributed by atoms with Gasteiger partial charge in [0.05, 0.1) is 5.56 Å². The Balaban J connectivity index is 1.86. The van der Waals surface area contributed by atoms with Gasteiger partial charge in [-0.2, -0.15) is 0 Å². The van der Waals surface area contributed by atoms with Gasteiger partial charge >= 0.3 is 17.2 Å². The van der Waals surface area contributed by atoms with Gasteiger partial charge in [-0.1, -0.05) is 20.8 Å². The lowest BCUT2D eigenvalue weighted by molar-refractivity contribution is -0.194. The lowest BCUT2D eigenvalue weighted by Crippen LogP contribution is -2.24. The Morgan fingerprint density at radius 1 is 0.850 bits per heavy atom. The van der Waals surface area contributed by atoms with Crippen LogP contribution < -0.4 is 18.5 Å². The maximum absolute atomic E-state index is 5.77. The molecule has 1 fully saturated rings. The first-order chi connectivity index (χ1) is 9.52. The first-order valence-corrected chi connectivity index (χ1v) is 8.28. The molecule has 5 aliphatic rings. The summed E-state index contributed by atoms with van der Waals surface area (Å²) < 4.78 is 33.3. The lowest BCUT2D eigenvalue weighted by atomic mass is 9.84. The molecule has 106 valence electrons. The van der Waals surface area contributed by atoms with Crippen LogP contribution in [0.3, 0.4) is 0 Å². The van der Waals surface area contributed by atoms with Gasteiger partial charge in [-0.25, -0.2) is 0 Å². The quantitative estimate of drug-likeness (QED) is 0.530. The molecule has 6 rings (SSSR count). The summed E-state index contributed by atoms with van der Waals surface area (Å²) >= 11 is 0. The Bertz CT molecular complexity index is 635. The fourth-order valence-electron chi connectivity index (χ4n) is 2.57. The van der Waals surface area contributed by atoms with Crippen molar-refractivity contribution in [2.45, 2.75) is 32.5 Å². The summed E-state index contributed by atoms with van der Waals surface area (Å²) in [6.07, 6.45) is -0.541. The Labute approximate surface area is 116 Å². The Morgan fingerprint density at radius 2 is 1.50 bits per heavy atom. The van der Waals surface area contributed by atoms with Gasteiger partial charge in [-0.05, 0) is 5.41 Å². The Hall–Kier alpha value is -0.840. The third-order valence-electron chi connectivity index (χ3n) is 3.38. The summed E-state index contributed by atoms with van der Waals surface area (Å²) in [6, 6.07) is 0. The molecule has 7 nitrogen and oxygen atoms in total. The zero-order valence-electron chi connectivity index (χ0n) is 10.8. The molecule has 5 heterocycles. The molecule has 0 amide bonds. The zero-order chi connectivity index (χ0) is 13.6. The van der Waals surface area contributed by atoms with Crippen molar-refractivity contribution in [2.24, 2.45) is 0 Å². The summed E-state index contributed by atoms with van der Waals surface area (Å²) in [5.74, 6) is 2.38. The van der Waals surface area contributed by atoms with Gasteiger partial charge in [0, 0.05) is 0 Å². The normalized spacial score (nSPS) is 31.2. The second kappa shape index (κ2) is 3.49. The number of rotatable bonds is 0. The van der Waals surface area contributed by atoms with Crippen LogP contribution in [0.25, 0.3) is 0 Å². The highest BCUT2D eigenvalue weighted by atomic mass is 31.2. The van der Waals surface area contributed by atoms with Crippen molar-refractivity contribution in [3.05, 3.63) is 11.1 Å². The molecule has 5 aliphatic heterocycles. The summed E-state index contributed by atoms with van der Waals surface area (Å²) in [5.41, 5.74) is 1.36. The molecule has 7 bridgehead atoms. The molecule has 0 spiro atoms. The summed E-state index contributed by atoms with van der Waals surface area (Å²) in [4.78, 5) is 5.44. The third kappa shape index (κ3) is 1.32. The highest BCUT2D eigenvalue weighted by molar-refractivity contribution is 7.43. The van der Waals surface area contributed by atoms with Crippen molar-refractivity contribution in [1.82, 2.24) is 0 Å². The maximum Gasteiger partial charge on any atom is 0.530 e. The molecule has 9 heteroatoms. The molecule has 1 aromatic carbocycles. The van der Waals surface area contributed by atoms with E-state index in [1.165, 1.54) is 0 Å². The topological polar surface area (TPSA) is 64.6 Å². The maximum atomic E-state index is 5.77. The van der Waals surface area contributed by atoms with Crippen molar-refractivity contribution in [3.63, 3.8) is 0 Å². The minimum absolute atomic E-state index is 0.211. The molecule has 1 atom stereocenters. The van der Waals surface area contributed by atoms with E-state index in [2.05, 4.69) is 20.8 Å². The van der Waals surface area contributed by atoms with Crippen molar-refractivity contribution < 1.29 is 32.2 Å². The SMILES string of the molecule is CC(C)(C)c1c2c3c(c4c1OP(O3)O4)C1OP(OO2)O1. The van der Waals surface area contributed by atoms with E-state index >= 15 is 0 Å². The minimum Gasteiger partial charge on any atom is -0.404 e. The van der Waals surface area contributed by atoms with E-state index in [1.54, 1.807) is 0 Å². The van der Waals surface area contributed by atoms with Crippen LogP contribution in [-0.4, -0.2) is 0 Å². The van der Waals surface area contributed by atoms with Crippen LogP contribution >= 0.6 is 17.2 Å². The van der Waals surface area contributed by atoms with Gasteiger partial charge in [0.25, 0.3) is 0 Å². The van der Waals surface area contributed by atoms with Crippen LogP contribution in [-0.2, 0) is 19.1 Å². The zero-order valence-corrected chi connectivity index (χ0v) is 12.6. The fourth-order valence-corrected chi connectivity index (χ4v) is 4.41. The summed E-state index contributed by atoms with van der Waals surface area (Å²) in [5, 5.41) is 0. The number of fused-ring (bicyclic) bond motifs is 2. The van der Waals surface area contributed by atoms with E-state index in [9.17, 15) is 0 Å². The Morgan fingerprint density at radius 3 is 2.20 bits per heavy atom. The van der Waals surface area contributed by atoms with Crippen LogP contribution in [0.5, 0.6) is 23.0 Å². The van der Waals surface area contributed by atoms with E-state index in [0.29, 0.717) is 28.6 Å².